The van der Waals surface area contributed by atoms with Gasteiger partial charge in [0, 0.05) is 4.47 Å². The number of anilines is 1. The second kappa shape index (κ2) is 10.1. The summed E-state index contributed by atoms with van der Waals surface area (Å²) in [5.74, 6) is -0.969. The Morgan fingerprint density at radius 3 is 2.61 bits per heavy atom. The lowest BCUT2D eigenvalue weighted by Gasteiger charge is -2.24. The summed E-state index contributed by atoms with van der Waals surface area (Å²) in [4.78, 5) is 32.8. The van der Waals surface area contributed by atoms with Crippen molar-refractivity contribution in [3.8, 4) is 5.75 Å². The fourth-order valence-corrected chi connectivity index (χ4v) is 5.38. The number of hydrogen-bond acceptors (Lipinski definition) is 6. The molecule has 0 bridgehead atoms. The monoisotopic (exact) mass is 560 g/mol. The van der Waals surface area contributed by atoms with E-state index in [4.69, 9.17) is 4.74 Å². The predicted molar refractivity (Wildman–Crippen MR) is 145 cm³/mol. The Balaban J connectivity index is 1.58. The van der Waals surface area contributed by atoms with Crippen molar-refractivity contribution in [1.82, 2.24) is 4.98 Å². The van der Waals surface area contributed by atoms with Gasteiger partial charge < -0.3 is 9.84 Å². The SMILES string of the molecule is CCOc1ccc2nc(N3C(=O)C(O)=C(C(=O)C=Cc4ccccc4)C3c3ccc(Br)cc3)sc2c1. The second-order valence-corrected chi connectivity index (χ2v) is 9.98. The van der Waals surface area contributed by atoms with Crippen molar-refractivity contribution in [1.29, 1.82) is 0 Å². The molecule has 8 heteroatoms. The number of allylic oxidation sites excluding steroid dienone is 1. The molecule has 3 aromatic carbocycles. The molecule has 0 spiro atoms. The summed E-state index contributed by atoms with van der Waals surface area (Å²) >= 11 is 4.74. The van der Waals surface area contributed by atoms with Gasteiger partial charge in [-0.25, -0.2) is 4.98 Å². The van der Waals surface area contributed by atoms with Crippen LogP contribution in [0.1, 0.15) is 24.1 Å². The number of carbonyl (C=O) groups is 2. The highest BCUT2D eigenvalue weighted by atomic mass is 79.9. The zero-order valence-electron chi connectivity index (χ0n) is 19.2. The maximum Gasteiger partial charge on any atom is 0.296 e. The summed E-state index contributed by atoms with van der Waals surface area (Å²) < 4.78 is 7.29. The molecule has 1 unspecified atom stereocenters. The second-order valence-electron chi connectivity index (χ2n) is 8.06. The van der Waals surface area contributed by atoms with Gasteiger partial charge in [-0.15, -0.1) is 0 Å². The topological polar surface area (TPSA) is 79.7 Å². The van der Waals surface area contributed by atoms with E-state index in [1.807, 2.05) is 79.7 Å². The van der Waals surface area contributed by atoms with Crippen LogP contribution in [0, 0.1) is 0 Å². The van der Waals surface area contributed by atoms with Crippen LogP contribution in [0.5, 0.6) is 5.75 Å². The summed E-state index contributed by atoms with van der Waals surface area (Å²) in [5, 5.41) is 11.3. The fourth-order valence-electron chi connectivity index (χ4n) is 4.09. The number of aromatic nitrogens is 1. The third kappa shape index (κ3) is 4.57. The quantitative estimate of drug-likeness (QED) is 0.256. The third-order valence-electron chi connectivity index (χ3n) is 5.75. The first-order valence-electron chi connectivity index (χ1n) is 11.3. The van der Waals surface area contributed by atoms with Gasteiger partial charge in [-0.05, 0) is 54.5 Å². The summed E-state index contributed by atoms with van der Waals surface area (Å²) in [6, 6.07) is 21.4. The molecular formula is C28H21BrN2O4S. The molecule has 1 N–H and O–H groups in total. The Morgan fingerprint density at radius 1 is 1.14 bits per heavy atom. The van der Waals surface area contributed by atoms with E-state index in [2.05, 4.69) is 20.9 Å². The van der Waals surface area contributed by atoms with Crippen molar-refractivity contribution in [3.05, 3.63) is 106 Å². The number of benzene rings is 3. The minimum Gasteiger partial charge on any atom is -0.503 e. The largest absolute Gasteiger partial charge is 0.503 e. The molecule has 1 amide bonds. The van der Waals surface area contributed by atoms with Gasteiger partial charge in [-0.2, -0.15) is 0 Å². The number of aliphatic hydroxyl groups is 1. The van der Waals surface area contributed by atoms with Crippen LogP contribution in [0.15, 0.2) is 94.7 Å². The zero-order chi connectivity index (χ0) is 25.2. The smallest absolute Gasteiger partial charge is 0.296 e. The van der Waals surface area contributed by atoms with Crippen molar-refractivity contribution in [2.75, 3.05) is 11.5 Å². The van der Waals surface area contributed by atoms with Crippen molar-refractivity contribution in [2.45, 2.75) is 13.0 Å². The van der Waals surface area contributed by atoms with Crippen LogP contribution in [0.4, 0.5) is 5.13 Å². The molecule has 1 aliphatic rings. The Kier molecular flexibility index (Phi) is 6.71. The molecule has 4 aromatic rings. The van der Waals surface area contributed by atoms with Gasteiger partial charge in [0.1, 0.15) is 5.75 Å². The number of thiazole rings is 1. The molecule has 0 fully saturated rings. The highest BCUT2D eigenvalue weighted by Gasteiger charge is 2.45. The van der Waals surface area contributed by atoms with Crippen LogP contribution in [0.3, 0.4) is 0 Å². The van der Waals surface area contributed by atoms with Gasteiger partial charge in [-0.1, -0.05) is 75.8 Å². The van der Waals surface area contributed by atoms with Gasteiger partial charge >= 0.3 is 0 Å². The van der Waals surface area contributed by atoms with Crippen LogP contribution >= 0.6 is 27.3 Å². The molecule has 5 rings (SSSR count). The summed E-state index contributed by atoms with van der Waals surface area (Å²) in [6.45, 7) is 2.44. The van der Waals surface area contributed by atoms with E-state index in [9.17, 15) is 14.7 Å². The normalized spacial score (nSPS) is 15.9. The molecule has 6 nitrogen and oxygen atoms in total. The third-order valence-corrected chi connectivity index (χ3v) is 7.30. The molecule has 1 aromatic heterocycles. The maximum atomic E-state index is 13.4. The standard InChI is InChI=1S/C28H21BrN2O4S/c1-2-35-20-13-14-21-23(16-20)36-28(30-21)31-25(18-9-11-19(29)12-10-18)24(26(33)27(31)34)22(32)15-8-17-6-4-3-5-7-17/h3-16,25,33H,2H2,1H3. The average Bonchev–Trinajstić information content (AvgIpc) is 3.42. The van der Waals surface area contributed by atoms with E-state index < -0.39 is 23.5 Å². The maximum absolute atomic E-state index is 13.4. The molecule has 2 heterocycles. The van der Waals surface area contributed by atoms with E-state index in [0.717, 1.165) is 14.7 Å². The van der Waals surface area contributed by atoms with Crippen LogP contribution in [-0.4, -0.2) is 28.4 Å². The molecular weight excluding hydrogens is 540 g/mol. The van der Waals surface area contributed by atoms with Gasteiger partial charge in [0.2, 0.25) is 0 Å². The lowest BCUT2D eigenvalue weighted by Crippen LogP contribution is -2.30. The fraction of sp³-hybridized carbons (Fsp3) is 0.107. The van der Waals surface area contributed by atoms with Crippen LogP contribution in [-0.2, 0) is 9.59 Å². The van der Waals surface area contributed by atoms with Gasteiger partial charge in [-0.3, -0.25) is 14.5 Å². The average molecular weight is 561 g/mol. The number of fused-ring (bicyclic) bond motifs is 1. The number of amides is 1. The number of aliphatic hydroxyl groups excluding tert-OH is 1. The van der Waals surface area contributed by atoms with Crippen molar-refractivity contribution >= 4 is 60.4 Å². The summed E-state index contributed by atoms with van der Waals surface area (Å²) in [6.07, 6.45) is 3.05. The van der Waals surface area contributed by atoms with Gasteiger partial charge in [0.25, 0.3) is 5.91 Å². The van der Waals surface area contributed by atoms with E-state index in [1.165, 1.54) is 22.3 Å². The number of carbonyl (C=O) groups excluding carboxylic acids is 2. The number of ketones is 1. The van der Waals surface area contributed by atoms with Gasteiger partial charge in [0.05, 0.1) is 28.4 Å². The molecule has 0 saturated carbocycles. The lowest BCUT2D eigenvalue weighted by molar-refractivity contribution is -0.117. The van der Waals surface area contributed by atoms with E-state index in [1.54, 1.807) is 6.08 Å². The molecule has 1 aliphatic heterocycles. The number of rotatable bonds is 7. The van der Waals surface area contributed by atoms with E-state index >= 15 is 0 Å². The molecule has 36 heavy (non-hydrogen) atoms. The summed E-state index contributed by atoms with van der Waals surface area (Å²) in [7, 11) is 0. The Morgan fingerprint density at radius 2 is 1.89 bits per heavy atom. The molecule has 180 valence electrons. The van der Waals surface area contributed by atoms with Gasteiger partial charge in [0.15, 0.2) is 16.7 Å². The van der Waals surface area contributed by atoms with Crippen molar-refractivity contribution < 1.29 is 19.4 Å². The Bertz CT molecular complexity index is 1510. The Labute approximate surface area is 220 Å². The minimum absolute atomic E-state index is 0.0174. The number of hydrogen-bond donors (Lipinski definition) is 1. The first-order chi connectivity index (χ1) is 17.5. The van der Waals surface area contributed by atoms with Crippen molar-refractivity contribution in [3.63, 3.8) is 0 Å². The molecule has 0 radical (unpaired) electrons. The number of halogens is 1. The first-order valence-corrected chi connectivity index (χ1v) is 12.9. The van der Waals surface area contributed by atoms with Crippen molar-refractivity contribution in [2.24, 2.45) is 0 Å². The molecule has 1 atom stereocenters. The van der Waals surface area contributed by atoms with Crippen LogP contribution in [0.25, 0.3) is 16.3 Å². The molecule has 0 saturated heterocycles. The first kappa shape index (κ1) is 24.0. The number of nitrogens with zero attached hydrogens (tertiary/aromatic N) is 2. The van der Waals surface area contributed by atoms with Crippen LogP contribution in [0.2, 0.25) is 0 Å². The van der Waals surface area contributed by atoms with E-state index in [-0.39, 0.29) is 5.57 Å². The van der Waals surface area contributed by atoms with E-state index in [0.29, 0.717) is 28.6 Å². The highest BCUT2D eigenvalue weighted by molar-refractivity contribution is 9.10. The lowest BCUT2D eigenvalue weighted by atomic mass is 9.96. The Hall–Kier alpha value is -3.75. The predicted octanol–water partition coefficient (Wildman–Crippen LogP) is 6.64. The zero-order valence-corrected chi connectivity index (χ0v) is 21.6. The molecule has 0 aliphatic carbocycles. The van der Waals surface area contributed by atoms with Crippen LogP contribution < -0.4 is 9.64 Å². The number of ether oxygens (including phenoxy) is 1. The highest BCUT2D eigenvalue weighted by Crippen LogP contribution is 2.44. The summed E-state index contributed by atoms with van der Waals surface area (Å²) in [5.41, 5.74) is 2.23. The minimum atomic E-state index is -0.828.